The van der Waals surface area contributed by atoms with Crippen molar-refractivity contribution >= 4 is 40.8 Å². The molecule has 0 saturated heterocycles. The number of amides is 1. The smallest absolute Gasteiger partial charge is 0.344 e. The summed E-state index contributed by atoms with van der Waals surface area (Å²) in [6.07, 6.45) is 0. The number of benzene rings is 2. The van der Waals surface area contributed by atoms with Crippen molar-refractivity contribution in [2.75, 3.05) is 18.5 Å². The highest BCUT2D eigenvalue weighted by molar-refractivity contribution is 6.31. The minimum absolute atomic E-state index is 0.300. The Kier molecular flexibility index (Phi) is 6.46. The van der Waals surface area contributed by atoms with E-state index in [0.717, 1.165) is 5.56 Å². The van der Waals surface area contributed by atoms with Crippen molar-refractivity contribution in [1.82, 2.24) is 0 Å². The fourth-order valence-electron chi connectivity index (χ4n) is 1.79. The normalized spacial score (nSPS) is 10.1. The van der Waals surface area contributed by atoms with Gasteiger partial charge in [0.15, 0.2) is 13.2 Å². The highest BCUT2D eigenvalue weighted by atomic mass is 35.5. The van der Waals surface area contributed by atoms with Crippen LogP contribution < -0.4 is 10.1 Å². The van der Waals surface area contributed by atoms with E-state index in [-0.39, 0.29) is 6.61 Å². The number of carbonyl (C=O) groups excluding carboxylic acids is 2. The first kappa shape index (κ1) is 18.1. The van der Waals surface area contributed by atoms with Crippen molar-refractivity contribution in [2.45, 2.75) is 6.92 Å². The Morgan fingerprint density at radius 3 is 2.46 bits per heavy atom. The average molecular weight is 368 g/mol. The lowest BCUT2D eigenvalue weighted by molar-refractivity contribution is -0.149. The van der Waals surface area contributed by atoms with Gasteiger partial charge in [0.25, 0.3) is 5.91 Å². The Labute approximate surface area is 149 Å². The molecule has 0 fully saturated rings. The number of hydrogen-bond acceptors (Lipinski definition) is 4. The maximum atomic E-state index is 11.8. The molecule has 0 aliphatic heterocycles. The monoisotopic (exact) mass is 367 g/mol. The summed E-state index contributed by atoms with van der Waals surface area (Å²) in [5.74, 6) is -0.626. The Morgan fingerprint density at radius 1 is 1.04 bits per heavy atom. The molecule has 0 aliphatic carbocycles. The van der Waals surface area contributed by atoms with Crippen LogP contribution in [-0.4, -0.2) is 25.1 Å². The quantitative estimate of drug-likeness (QED) is 0.787. The molecule has 0 aromatic heterocycles. The van der Waals surface area contributed by atoms with Crippen LogP contribution >= 0.6 is 23.2 Å². The van der Waals surface area contributed by atoms with E-state index in [0.29, 0.717) is 21.5 Å². The van der Waals surface area contributed by atoms with Crippen LogP contribution in [0.1, 0.15) is 5.56 Å². The summed E-state index contributed by atoms with van der Waals surface area (Å²) >= 11 is 11.7. The van der Waals surface area contributed by atoms with Gasteiger partial charge in [0.2, 0.25) is 0 Å². The van der Waals surface area contributed by atoms with Crippen LogP contribution in [0.2, 0.25) is 10.0 Å². The van der Waals surface area contributed by atoms with Crippen LogP contribution in [0.25, 0.3) is 0 Å². The second kappa shape index (κ2) is 8.57. The van der Waals surface area contributed by atoms with E-state index < -0.39 is 18.5 Å². The van der Waals surface area contributed by atoms with Gasteiger partial charge in [-0.1, -0.05) is 29.3 Å². The molecule has 1 amide bonds. The maximum Gasteiger partial charge on any atom is 0.344 e. The van der Waals surface area contributed by atoms with Gasteiger partial charge in [-0.3, -0.25) is 4.79 Å². The zero-order valence-corrected chi connectivity index (χ0v) is 14.4. The van der Waals surface area contributed by atoms with E-state index in [1.807, 2.05) is 0 Å². The molecule has 0 aliphatic rings. The summed E-state index contributed by atoms with van der Waals surface area (Å²) in [5, 5.41) is 3.74. The number of hydrogen-bond donors (Lipinski definition) is 1. The summed E-state index contributed by atoms with van der Waals surface area (Å²) < 4.78 is 10.1. The number of anilines is 1. The van der Waals surface area contributed by atoms with Gasteiger partial charge in [-0.25, -0.2) is 4.79 Å². The predicted octanol–water partition coefficient (Wildman–Crippen LogP) is 3.86. The van der Waals surface area contributed by atoms with Gasteiger partial charge in [0.05, 0.1) is 0 Å². The first-order valence-corrected chi connectivity index (χ1v) is 7.80. The van der Waals surface area contributed by atoms with Crippen molar-refractivity contribution in [3.63, 3.8) is 0 Å². The molecule has 5 nitrogen and oxygen atoms in total. The van der Waals surface area contributed by atoms with Gasteiger partial charge in [-0.05, 0) is 48.9 Å². The van der Waals surface area contributed by atoms with Crippen LogP contribution in [-0.2, 0) is 14.3 Å². The summed E-state index contributed by atoms with van der Waals surface area (Å²) in [6, 6.07) is 11.7. The SMILES string of the molecule is Cc1c(Cl)cccc1NC(=O)COC(=O)COc1ccc(Cl)cc1. The van der Waals surface area contributed by atoms with Crippen LogP contribution in [0.15, 0.2) is 42.5 Å². The molecule has 0 unspecified atom stereocenters. The minimum Gasteiger partial charge on any atom is -0.482 e. The average Bonchev–Trinajstić information content (AvgIpc) is 2.56. The Morgan fingerprint density at radius 2 is 1.75 bits per heavy atom. The molecule has 0 saturated carbocycles. The summed E-state index contributed by atoms with van der Waals surface area (Å²) in [4.78, 5) is 23.4. The summed E-state index contributed by atoms with van der Waals surface area (Å²) in [5.41, 5.74) is 1.31. The molecule has 2 rings (SSSR count). The van der Waals surface area contributed by atoms with E-state index in [1.54, 1.807) is 49.4 Å². The van der Waals surface area contributed by atoms with Gasteiger partial charge >= 0.3 is 5.97 Å². The van der Waals surface area contributed by atoms with Gasteiger partial charge in [0, 0.05) is 15.7 Å². The predicted molar refractivity (Wildman–Crippen MR) is 92.7 cm³/mol. The molecule has 2 aromatic rings. The van der Waals surface area contributed by atoms with E-state index in [1.165, 1.54) is 0 Å². The standard InChI is InChI=1S/C17H15Cl2NO4/c1-11-14(19)3-2-4-15(11)20-16(21)9-24-17(22)10-23-13-7-5-12(18)6-8-13/h2-8H,9-10H2,1H3,(H,20,21). The van der Waals surface area contributed by atoms with Crippen molar-refractivity contribution in [2.24, 2.45) is 0 Å². The molecule has 0 heterocycles. The molecular weight excluding hydrogens is 353 g/mol. The Balaban J connectivity index is 1.75. The molecule has 2 aromatic carbocycles. The number of rotatable bonds is 6. The zero-order chi connectivity index (χ0) is 17.5. The fraction of sp³-hybridized carbons (Fsp3) is 0.176. The lowest BCUT2D eigenvalue weighted by Crippen LogP contribution is -2.24. The Bertz CT molecular complexity index is 732. The van der Waals surface area contributed by atoms with Gasteiger partial charge in [-0.2, -0.15) is 0 Å². The van der Waals surface area contributed by atoms with Crippen molar-refractivity contribution in [1.29, 1.82) is 0 Å². The third-order valence-electron chi connectivity index (χ3n) is 3.08. The highest BCUT2D eigenvalue weighted by Crippen LogP contribution is 2.22. The zero-order valence-electron chi connectivity index (χ0n) is 12.8. The lowest BCUT2D eigenvalue weighted by Gasteiger charge is -2.10. The van der Waals surface area contributed by atoms with Crippen LogP contribution in [0.3, 0.4) is 0 Å². The van der Waals surface area contributed by atoms with Crippen LogP contribution in [0, 0.1) is 6.92 Å². The maximum absolute atomic E-state index is 11.8. The van der Waals surface area contributed by atoms with Crippen molar-refractivity contribution in [3.8, 4) is 5.75 Å². The van der Waals surface area contributed by atoms with Gasteiger partial charge in [-0.15, -0.1) is 0 Å². The first-order valence-electron chi connectivity index (χ1n) is 7.04. The van der Waals surface area contributed by atoms with E-state index in [2.05, 4.69) is 5.32 Å². The molecule has 0 radical (unpaired) electrons. The highest BCUT2D eigenvalue weighted by Gasteiger charge is 2.10. The van der Waals surface area contributed by atoms with E-state index in [9.17, 15) is 9.59 Å². The number of carbonyl (C=O) groups is 2. The molecule has 0 spiro atoms. The topological polar surface area (TPSA) is 64.6 Å². The number of ether oxygens (including phenoxy) is 2. The van der Waals surface area contributed by atoms with Crippen LogP contribution in [0.5, 0.6) is 5.75 Å². The van der Waals surface area contributed by atoms with Gasteiger partial charge < -0.3 is 14.8 Å². The molecule has 1 N–H and O–H groups in total. The first-order chi connectivity index (χ1) is 11.5. The molecule has 126 valence electrons. The molecular formula is C17H15Cl2NO4. The number of esters is 1. The van der Waals surface area contributed by atoms with Gasteiger partial charge in [0.1, 0.15) is 5.75 Å². The Hall–Kier alpha value is -2.24. The molecule has 24 heavy (non-hydrogen) atoms. The van der Waals surface area contributed by atoms with Crippen molar-refractivity contribution in [3.05, 3.63) is 58.1 Å². The van der Waals surface area contributed by atoms with E-state index in [4.69, 9.17) is 32.7 Å². The number of halogens is 2. The van der Waals surface area contributed by atoms with Crippen LogP contribution in [0.4, 0.5) is 5.69 Å². The molecule has 7 heteroatoms. The minimum atomic E-state index is -0.650. The summed E-state index contributed by atoms with van der Waals surface area (Å²) in [6.45, 7) is 1.07. The second-order valence-electron chi connectivity index (χ2n) is 4.86. The molecule has 0 bridgehead atoms. The van der Waals surface area contributed by atoms with Crippen molar-refractivity contribution < 1.29 is 19.1 Å². The van der Waals surface area contributed by atoms with E-state index >= 15 is 0 Å². The molecule has 0 atom stereocenters. The third-order valence-corrected chi connectivity index (χ3v) is 3.74. The lowest BCUT2D eigenvalue weighted by atomic mass is 10.2. The number of nitrogens with one attached hydrogen (secondary N) is 1. The second-order valence-corrected chi connectivity index (χ2v) is 5.71. The third kappa shape index (κ3) is 5.44. The largest absolute Gasteiger partial charge is 0.482 e. The summed E-state index contributed by atoms with van der Waals surface area (Å²) in [7, 11) is 0. The fourth-order valence-corrected chi connectivity index (χ4v) is 2.09.